The van der Waals surface area contributed by atoms with Gasteiger partial charge in [-0.2, -0.15) is 11.8 Å². The van der Waals surface area contributed by atoms with E-state index in [0.717, 1.165) is 0 Å². The fourth-order valence-electron chi connectivity index (χ4n) is 1.59. The highest BCUT2D eigenvalue weighted by Gasteiger charge is 2.28. The first kappa shape index (κ1) is 23.5. The second-order valence-corrected chi connectivity index (χ2v) is 7.35. The molecular formula is C17H28O7S. The van der Waals surface area contributed by atoms with E-state index in [9.17, 15) is 19.5 Å². The van der Waals surface area contributed by atoms with Gasteiger partial charge in [0.2, 0.25) is 0 Å². The molecule has 1 atom stereocenters. The van der Waals surface area contributed by atoms with E-state index in [1.165, 1.54) is 14.0 Å². The molecule has 7 nitrogen and oxygen atoms in total. The number of aliphatic hydroxyl groups is 1. The van der Waals surface area contributed by atoms with E-state index in [-0.39, 0.29) is 31.2 Å². The lowest BCUT2D eigenvalue weighted by Gasteiger charge is -2.20. The van der Waals surface area contributed by atoms with Gasteiger partial charge in [0.15, 0.2) is 0 Å². The van der Waals surface area contributed by atoms with E-state index >= 15 is 0 Å². The SMILES string of the molecule is C=C(C)C(=O)OCC(O)COC(=O)CCCSCC(C)(C)C(=O)OC. The van der Waals surface area contributed by atoms with Gasteiger partial charge in [0.05, 0.1) is 12.5 Å². The Morgan fingerprint density at radius 2 is 1.80 bits per heavy atom. The van der Waals surface area contributed by atoms with E-state index in [4.69, 9.17) is 14.2 Å². The molecule has 1 unspecified atom stereocenters. The fourth-order valence-corrected chi connectivity index (χ4v) is 2.71. The first-order valence-corrected chi connectivity index (χ1v) is 9.08. The van der Waals surface area contributed by atoms with Crippen LogP contribution in [0.1, 0.15) is 33.6 Å². The van der Waals surface area contributed by atoms with Crippen LogP contribution in [0.2, 0.25) is 0 Å². The Morgan fingerprint density at radius 3 is 2.36 bits per heavy atom. The van der Waals surface area contributed by atoms with Crippen molar-refractivity contribution < 1.29 is 33.7 Å². The van der Waals surface area contributed by atoms with Crippen LogP contribution in [0.4, 0.5) is 0 Å². The van der Waals surface area contributed by atoms with Crippen molar-refractivity contribution in [3.8, 4) is 0 Å². The maximum Gasteiger partial charge on any atom is 0.333 e. The van der Waals surface area contributed by atoms with Crippen LogP contribution >= 0.6 is 11.8 Å². The lowest BCUT2D eigenvalue weighted by molar-refractivity contribution is -0.151. The summed E-state index contributed by atoms with van der Waals surface area (Å²) in [5.41, 5.74) is -0.331. The van der Waals surface area contributed by atoms with E-state index in [2.05, 4.69) is 6.58 Å². The summed E-state index contributed by atoms with van der Waals surface area (Å²) in [7, 11) is 1.36. The van der Waals surface area contributed by atoms with Crippen LogP contribution in [0.5, 0.6) is 0 Å². The van der Waals surface area contributed by atoms with Crippen molar-refractivity contribution >= 4 is 29.7 Å². The number of thioether (sulfide) groups is 1. The summed E-state index contributed by atoms with van der Waals surface area (Å²) in [4.78, 5) is 34.2. The fraction of sp³-hybridized carbons (Fsp3) is 0.706. The Labute approximate surface area is 153 Å². The van der Waals surface area contributed by atoms with Crippen molar-refractivity contribution in [2.45, 2.75) is 39.7 Å². The third-order valence-electron chi connectivity index (χ3n) is 3.06. The number of aliphatic hydroxyl groups excluding tert-OH is 1. The highest BCUT2D eigenvalue weighted by atomic mass is 32.2. The molecule has 0 amide bonds. The van der Waals surface area contributed by atoms with Crippen LogP contribution in [-0.4, -0.2) is 60.9 Å². The molecule has 0 radical (unpaired) electrons. The summed E-state index contributed by atoms with van der Waals surface area (Å²) in [6.07, 6.45) is -0.256. The lowest BCUT2D eigenvalue weighted by atomic mass is 9.97. The molecule has 0 aromatic carbocycles. The number of ether oxygens (including phenoxy) is 3. The Bertz CT molecular complexity index is 474. The molecule has 0 aliphatic rings. The highest BCUT2D eigenvalue weighted by molar-refractivity contribution is 7.99. The van der Waals surface area contributed by atoms with Crippen molar-refractivity contribution in [3.63, 3.8) is 0 Å². The van der Waals surface area contributed by atoms with Gasteiger partial charge in [0.1, 0.15) is 19.3 Å². The molecule has 0 spiro atoms. The summed E-state index contributed by atoms with van der Waals surface area (Å²) in [5, 5.41) is 9.57. The molecule has 0 bridgehead atoms. The topological polar surface area (TPSA) is 99.1 Å². The molecule has 25 heavy (non-hydrogen) atoms. The minimum Gasteiger partial charge on any atom is -0.469 e. The molecule has 0 aliphatic carbocycles. The minimum absolute atomic E-state index is 0.212. The molecule has 0 heterocycles. The van der Waals surface area contributed by atoms with Crippen LogP contribution in [-0.2, 0) is 28.6 Å². The molecule has 0 aromatic rings. The van der Waals surface area contributed by atoms with Gasteiger partial charge in [-0.15, -0.1) is 0 Å². The largest absolute Gasteiger partial charge is 0.469 e. The van der Waals surface area contributed by atoms with Gasteiger partial charge in [0, 0.05) is 17.7 Å². The lowest BCUT2D eigenvalue weighted by Crippen LogP contribution is -2.28. The van der Waals surface area contributed by atoms with Crippen LogP contribution in [0.25, 0.3) is 0 Å². The standard InChI is InChI=1S/C17H28O7S/c1-12(2)15(20)24-10-13(18)9-23-14(19)7-6-8-25-11-17(3,4)16(21)22-5/h13,18H,1,6-11H2,2-5H3. The van der Waals surface area contributed by atoms with Gasteiger partial charge in [0.25, 0.3) is 0 Å². The number of methoxy groups -OCH3 is 1. The normalized spacial score (nSPS) is 12.2. The summed E-state index contributed by atoms with van der Waals surface area (Å²) in [6, 6.07) is 0. The zero-order chi connectivity index (χ0) is 19.5. The van der Waals surface area contributed by atoms with E-state index < -0.39 is 23.5 Å². The quantitative estimate of drug-likeness (QED) is 0.238. The van der Waals surface area contributed by atoms with E-state index in [1.54, 1.807) is 11.8 Å². The van der Waals surface area contributed by atoms with Crippen LogP contribution in [0, 0.1) is 5.41 Å². The van der Waals surface area contributed by atoms with Crippen molar-refractivity contribution in [2.75, 3.05) is 31.8 Å². The van der Waals surface area contributed by atoms with Crippen LogP contribution < -0.4 is 0 Å². The zero-order valence-electron chi connectivity index (χ0n) is 15.3. The second kappa shape index (κ2) is 11.9. The Balaban J connectivity index is 3.79. The molecule has 0 saturated heterocycles. The molecule has 1 N–H and O–H groups in total. The first-order chi connectivity index (χ1) is 11.6. The van der Waals surface area contributed by atoms with Crippen molar-refractivity contribution in [1.29, 1.82) is 0 Å². The molecule has 0 aliphatic heterocycles. The number of rotatable bonds is 12. The first-order valence-electron chi connectivity index (χ1n) is 7.92. The molecule has 0 saturated carbocycles. The van der Waals surface area contributed by atoms with Gasteiger partial charge in [-0.3, -0.25) is 9.59 Å². The number of carbonyl (C=O) groups excluding carboxylic acids is 3. The molecule has 0 rings (SSSR count). The second-order valence-electron chi connectivity index (χ2n) is 6.25. The Hall–Kier alpha value is -1.54. The predicted octanol–water partition coefficient (Wildman–Crippen LogP) is 1.72. The summed E-state index contributed by atoms with van der Waals surface area (Å²) < 4.78 is 14.4. The van der Waals surface area contributed by atoms with Gasteiger partial charge >= 0.3 is 17.9 Å². The molecule has 144 valence electrons. The van der Waals surface area contributed by atoms with Crippen LogP contribution in [0.15, 0.2) is 12.2 Å². The number of hydrogen-bond acceptors (Lipinski definition) is 8. The van der Waals surface area contributed by atoms with E-state index in [0.29, 0.717) is 17.9 Å². The van der Waals surface area contributed by atoms with E-state index in [1.807, 2.05) is 13.8 Å². The summed E-state index contributed by atoms with van der Waals surface area (Å²) in [5.74, 6) is 0.00617. The highest BCUT2D eigenvalue weighted by Crippen LogP contribution is 2.23. The summed E-state index contributed by atoms with van der Waals surface area (Å²) >= 11 is 1.56. The third-order valence-corrected chi connectivity index (χ3v) is 4.57. The van der Waals surface area contributed by atoms with Crippen molar-refractivity contribution in [2.24, 2.45) is 5.41 Å². The average molecular weight is 376 g/mol. The monoisotopic (exact) mass is 376 g/mol. The predicted molar refractivity (Wildman–Crippen MR) is 95.1 cm³/mol. The van der Waals surface area contributed by atoms with Gasteiger partial charge in [-0.25, -0.2) is 4.79 Å². The maximum absolute atomic E-state index is 11.6. The third kappa shape index (κ3) is 10.8. The summed E-state index contributed by atoms with van der Waals surface area (Å²) in [6.45, 7) is 8.05. The molecule has 0 fully saturated rings. The van der Waals surface area contributed by atoms with Crippen molar-refractivity contribution in [3.05, 3.63) is 12.2 Å². The Morgan fingerprint density at radius 1 is 1.20 bits per heavy atom. The number of carbonyl (C=O) groups is 3. The van der Waals surface area contributed by atoms with Gasteiger partial charge in [-0.05, 0) is 32.9 Å². The zero-order valence-corrected chi connectivity index (χ0v) is 16.1. The average Bonchev–Trinajstić information content (AvgIpc) is 2.56. The number of hydrogen-bond donors (Lipinski definition) is 1. The van der Waals surface area contributed by atoms with Crippen molar-refractivity contribution in [1.82, 2.24) is 0 Å². The Kier molecular flexibility index (Phi) is 11.2. The molecule has 8 heteroatoms. The van der Waals surface area contributed by atoms with Gasteiger partial charge < -0.3 is 19.3 Å². The smallest absolute Gasteiger partial charge is 0.333 e. The molecule has 0 aromatic heterocycles. The maximum atomic E-state index is 11.6. The minimum atomic E-state index is -1.07. The molecular weight excluding hydrogens is 348 g/mol. The van der Waals surface area contributed by atoms with Gasteiger partial charge in [-0.1, -0.05) is 6.58 Å². The van der Waals surface area contributed by atoms with Crippen LogP contribution in [0.3, 0.4) is 0 Å². The number of esters is 3.